The standard InChI is InChI=1S/C47H29N3O/c1-3-11-30(12-4-1)32-19-22-34(23-20-32)45-48-46(38-24-21-31-13-7-8-16-35(31)25-38)50-47(49-45)39-27-40(33-14-5-2-6-15-33)44-42(28-39)41-26-36-17-9-10-18-37(36)29-43(41)51-44/h1-29H. The van der Waals surface area contributed by atoms with Crippen LogP contribution >= 0.6 is 0 Å². The van der Waals surface area contributed by atoms with Gasteiger partial charge in [0.25, 0.3) is 0 Å². The molecule has 10 aromatic rings. The number of benzene rings is 8. The summed E-state index contributed by atoms with van der Waals surface area (Å²) in [6.07, 6.45) is 0. The van der Waals surface area contributed by atoms with E-state index >= 15 is 0 Å². The Morgan fingerprint density at radius 2 is 0.824 bits per heavy atom. The SMILES string of the molecule is c1ccc(-c2ccc(-c3nc(-c4ccc5ccccc5c4)nc(-c4cc(-c5ccccc5)c5oc6cc7ccccc7cc6c5c4)n3)cc2)cc1. The molecule has 0 atom stereocenters. The molecule has 2 aromatic heterocycles. The van der Waals surface area contributed by atoms with E-state index in [0.29, 0.717) is 17.5 Å². The van der Waals surface area contributed by atoms with E-state index in [-0.39, 0.29) is 0 Å². The third-order valence-electron chi connectivity index (χ3n) is 9.68. The van der Waals surface area contributed by atoms with E-state index in [0.717, 1.165) is 66.1 Å². The number of aromatic nitrogens is 3. The first-order valence-electron chi connectivity index (χ1n) is 17.1. The van der Waals surface area contributed by atoms with Gasteiger partial charge in [0.1, 0.15) is 11.2 Å². The minimum atomic E-state index is 0.601. The third kappa shape index (κ3) is 5.22. The summed E-state index contributed by atoms with van der Waals surface area (Å²) in [5.41, 5.74) is 8.80. The second-order valence-electron chi connectivity index (χ2n) is 12.9. The van der Waals surface area contributed by atoms with Gasteiger partial charge in [-0.15, -0.1) is 0 Å². The van der Waals surface area contributed by atoms with Crippen LogP contribution in [-0.4, -0.2) is 15.0 Å². The van der Waals surface area contributed by atoms with Gasteiger partial charge in [0, 0.05) is 33.0 Å². The lowest BCUT2D eigenvalue weighted by molar-refractivity contribution is 0.670. The van der Waals surface area contributed by atoms with Crippen molar-refractivity contribution in [2.45, 2.75) is 0 Å². The maximum atomic E-state index is 6.66. The summed E-state index contributed by atoms with van der Waals surface area (Å²) < 4.78 is 6.66. The van der Waals surface area contributed by atoms with Crippen LogP contribution in [0.5, 0.6) is 0 Å². The van der Waals surface area contributed by atoms with Crippen molar-refractivity contribution < 1.29 is 4.42 Å². The molecule has 0 fully saturated rings. The van der Waals surface area contributed by atoms with E-state index in [1.807, 2.05) is 12.1 Å². The number of hydrogen-bond acceptors (Lipinski definition) is 4. The van der Waals surface area contributed by atoms with Crippen molar-refractivity contribution in [2.75, 3.05) is 0 Å². The summed E-state index contributed by atoms with van der Waals surface area (Å²) in [5.74, 6) is 1.84. The first kappa shape index (κ1) is 29.0. The molecule has 0 amide bonds. The predicted molar refractivity (Wildman–Crippen MR) is 209 cm³/mol. The number of hydrogen-bond donors (Lipinski definition) is 0. The summed E-state index contributed by atoms with van der Waals surface area (Å²) in [6.45, 7) is 0. The van der Waals surface area contributed by atoms with Gasteiger partial charge in [-0.05, 0) is 68.6 Å². The molecule has 2 heterocycles. The largest absolute Gasteiger partial charge is 0.455 e. The van der Waals surface area contributed by atoms with Crippen LogP contribution in [0.2, 0.25) is 0 Å². The number of fused-ring (bicyclic) bond motifs is 5. The molecule has 8 aromatic carbocycles. The first-order chi connectivity index (χ1) is 25.2. The van der Waals surface area contributed by atoms with Crippen LogP contribution in [0.1, 0.15) is 0 Å². The predicted octanol–water partition coefficient (Wildman–Crippen LogP) is 12.4. The molecule has 0 spiro atoms. The number of nitrogens with zero attached hydrogens (tertiary/aromatic N) is 3. The van der Waals surface area contributed by atoms with Crippen molar-refractivity contribution in [1.29, 1.82) is 0 Å². The molecule has 10 rings (SSSR count). The zero-order valence-corrected chi connectivity index (χ0v) is 27.5. The Balaban J connectivity index is 1.21. The monoisotopic (exact) mass is 651 g/mol. The highest BCUT2D eigenvalue weighted by molar-refractivity contribution is 6.14. The lowest BCUT2D eigenvalue weighted by Crippen LogP contribution is -2.00. The van der Waals surface area contributed by atoms with Crippen molar-refractivity contribution in [3.05, 3.63) is 176 Å². The highest BCUT2D eigenvalue weighted by atomic mass is 16.3. The van der Waals surface area contributed by atoms with E-state index < -0.39 is 0 Å². The van der Waals surface area contributed by atoms with Crippen LogP contribution < -0.4 is 0 Å². The molecule has 238 valence electrons. The quantitative estimate of drug-likeness (QED) is 0.186. The molecule has 0 saturated heterocycles. The molecular formula is C47H29N3O. The molecule has 0 bridgehead atoms. The molecule has 0 saturated carbocycles. The molecule has 0 radical (unpaired) electrons. The molecule has 51 heavy (non-hydrogen) atoms. The van der Waals surface area contributed by atoms with Gasteiger partial charge in [-0.3, -0.25) is 0 Å². The second kappa shape index (κ2) is 11.9. The fraction of sp³-hybridized carbons (Fsp3) is 0. The third-order valence-corrected chi connectivity index (χ3v) is 9.68. The Hall–Kier alpha value is -6.91. The average Bonchev–Trinajstić information content (AvgIpc) is 3.57. The van der Waals surface area contributed by atoms with Gasteiger partial charge < -0.3 is 4.42 Å². The Morgan fingerprint density at radius 1 is 0.314 bits per heavy atom. The topological polar surface area (TPSA) is 51.8 Å². The van der Waals surface area contributed by atoms with E-state index in [9.17, 15) is 0 Å². The Labute approximate surface area is 294 Å². The zero-order valence-electron chi connectivity index (χ0n) is 27.5. The van der Waals surface area contributed by atoms with Gasteiger partial charge in [0.15, 0.2) is 17.5 Å². The van der Waals surface area contributed by atoms with Gasteiger partial charge in [-0.25, -0.2) is 15.0 Å². The minimum Gasteiger partial charge on any atom is -0.455 e. The van der Waals surface area contributed by atoms with E-state index in [2.05, 4.69) is 164 Å². The minimum absolute atomic E-state index is 0.601. The van der Waals surface area contributed by atoms with Crippen LogP contribution in [0, 0.1) is 0 Å². The fourth-order valence-corrected chi connectivity index (χ4v) is 7.06. The number of furan rings is 1. The van der Waals surface area contributed by atoms with Gasteiger partial charge >= 0.3 is 0 Å². The van der Waals surface area contributed by atoms with E-state index in [1.165, 1.54) is 16.3 Å². The van der Waals surface area contributed by atoms with E-state index in [4.69, 9.17) is 19.4 Å². The van der Waals surface area contributed by atoms with Gasteiger partial charge in [0.2, 0.25) is 0 Å². The Morgan fingerprint density at radius 3 is 1.53 bits per heavy atom. The van der Waals surface area contributed by atoms with Gasteiger partial charge in [-0.2, -0.15) is 0 Å². The highest BCUT2D eigenvalue weighted by Gasteiger charge is 2.19. The number of rotatable bonds is 5. The Kier molecular flexibility index (Phi) is 6.78. The zero-order chi connectivity index (χ0) is 33.7. The van der Waals surface area contributed by atoms with Crippen LogP contribution in [-0.2, 0) is 0 Å². The normalized spacial score (nSPS) is 11.5. The fourth-order valence-electron chi connectivity index (χ4n) is 7.06. The van der Waals surface area contributed by atoms with Crippen molar-refractivity contribution in [1.82, 2.24) is 15.0 Å². The highest BCUT2D eigenvalue weighted by Crippen LogP contribution is 2.41. The summed E-state index contributed by atoms with van der Waals surface area (Å²) in [7, 11) is 0. The lowest BCUT2D eigenvalue weighted by atomic mass is 9.98. The molecule has 0 aliphatic rings. The smallest absolute Gasteiger partial charge is 0.164 e. The summed E-state index contributed by atoms with van der Waals surface area (Å²) in [4.78, 5) is 15.4. The summed E-state index contributed by atoms with van der Waals surface area (Å²) in [5, 5.41) is 6.70. The summed E-state index contributed by atoms with van der Waals surface area (Å²) >= 11 is 0. The molecule has 0 N–H and O–H groups in total. The molecule has 4 nitrogen and oxygen atoms in total. The molecule has 0 unspecified atom stereocenters. The van der Waals surface area contributed by atoms with Crippen molar-refractivity contribution in [2.24, 2.45) is 0 Å². The van der Waals surface area contributed by atoms with Crippen molar-refractivity contribution in [3.8, 4) is 56.4 Å². The van der Waals surface area contributed by atoms with Crippen LogP contribution in [0.3, 0.4) is 0 Å². The second-order valence-corrected chi connectivity index (χ2v) is 12.9. The average molecular weight is 652 g/mol. The van der Waals surface area contributed by atoms with Crippen LogP contribution in [0.25, 0.3) is 99.9 Å². The van der Waals surface area contributed by atoms with Gasteiger partial charge in [-0.1, -0.05) is 146 Å². The summed E-state index contributed by atoms with van der Waals surface area (Å²) in [6, 6.07) is 61.1. The van der Waals surface area contributed by atoms with Gasteiger partial charge in [0.05, 0.1) is 0 Å². The molecule has 0 aliphatic carbocycles. The van der Waals surface area contributed by atoms with Crippen LogP contribution in [0.4, 0.5) is 0 Å². The van der Waals surface area contributed by atoms with Crippen molar-refractivity contribution >= 4 is 43.5 Å². The van der Waals surface area contributed by atoms with E-state index in [1.54, 1.807) is 0 Å². The van der Waals surface area contributed by atoms with Crippen LogP contribution in [0.15, 0.2) is 180 Å². The maximum absolute atomic E-state index is 6.66. The first-order valence-corrected chi connectivity index (χ1v) is 17.1. The lowest BCUT2D eigenvalue weighted by Gasteiger charge is -2.11. The molecule has 4 heteroatoms. The Bertz CT molecular complexity index is 2900. The van der Waals surface area contributed by atoms with Crippen molar-refractivity contribution in [3.63, 3.8) is 0 Å². The molecular weight excluding hydrogens is 623 g/mol. The maximum Gasteiger partial charge on any atom is 0.164 e. The molecule has 0 aliphatic heterocycles.